The van der Waals surface area contributed by atoms with Gasteiger partial charge in [0.1, 0.15) is 0 Å². The Hall–Kier alpha value is -7.94. The van der Waals surface area contributed by atoms with Crippen LogP contribution in [0.3, 0.4) is 0 Å². The molecule has 308 valence electrons. The van der Waals surface area contributed by atoms with Gasteiger partial charge in [-0.3, -0.25) is 0 Å². The predicted octanol–water partition coefficient (Wildman–Crippen LogP) is 17.1. The number of nitrogens with zero attached hydrogens (tertiary/aromatic N) is 2. The first-order valence-corrected chi connectivity index (χ1v) is 23.2. The fourth-order valence-corrected chi connectivity index (χ4v) is 11.0. The number of aryl methyl sites for hydroxylation is 1. The van der Waals surface area contributed by atoms with Crippen LogP contribution in [0.5, 0.6) is 0 Å². The van der Waals surface area contributed by atoms with Gasteiger partial charge in [-0.15, -0.1) is 0 Å². The van der Waals surface area contributed by atoms with E-state index < -0.39 is 0 Å². The van der Waals surface area contributed by atoms with E-state index in [2.05, 4.69) is 234 Å². The van der Waals surface area contributed by atoms with Crippen LogP contribution in [0.2, 0.25) is 0 Å². The van der Waals surface area contributed by atoms with Crippen molar-refractivity contribution in [3.05, 3.63) is 235 Å². The number of hydrogen-bond donors (Lipinski definition) is 0. The second kappa shape index (κ2) is 15.1. The third-order valence-electron chi connectivity index (χ3n) is 14.1. The summed E-state index contributed by atoms with van der Waals surface area (Å²) >= 11 is 0. The predicted molar refractivity (Wildman–Crippen MR) is 278 cm³/mol. The third kappa shape index (κ3) is 6.09. The van der Waals surface area contributed by atoms with Crippen LogP contribution in [0, 0.1) is 0 Å². The van der Waals surface area contributed by atoms with Gasteiger partial charge in [-0.25, -0.2) is 0 Å². The van der Waals surface area contributed by atoms with Gasteiger partial charge in [0, 0.05) is 38.8 Å². The summed E-state index contributed by atoms with van der Waals surface area (Å²) in [6, 6.07) is 74.8. The Morgan fingerprint density at radius 2 is 0.908 bits per heavy atom. The summed E-state index contributed by atoms with van der Waals surface area (Å²) in [5, 5.41) is 12.8. The quantitative estimate of drug-likeness (QED) is 0.142. The molecule has 10 aromatic carbocycles. The summed E-state index contributed by atoms with van der Waals surface area (Å²) in [6.07, 6.45) is 10.4. The van der Waals surface area contributed by atoms with Gasteiger partial charge in [0.25, 0.3) is 0 Å². The minimum absolute atomic E-state index is 0.333. The molecule has 0 saturated carbocycles. The van der Waals surface area contributed by atoms with E-state index in [-0.39, 0.29) is 0 Å². The molecule has 1 atom stereocenters. The second-order valence-corrected chi connectivity index (χ2v) is 17.9. The SMILES string of the molecule is CCCc1ccc(C2=CCC(c3cccc(-n4c5ccccc5c5cc(-c6ccc7c(c6)c6ccccc6n7-c6ccc7c8ccccc8c8ccccc8c7c6)ccc54)c3)C=C2)cc1. The monoisotopic (exact) mass is 830 g/mol. The zero-order valence-corrected chi connectivity index (χ0v) is 36.4. The van der Waals surface area contributed by atoms with Crippen molar-refractivity contribution in [3.63, 3.8) is 0 Å². The zero-order chi connectivity index (χ0) is 43.0. The lowest BCUT2D eigenvalue weighted by atomic mass is 9.88. The molecule has 2 heterocycles. The van der Waals surface area contributed by atoms with Crippen LogP contribution in [0.4, 0.5) is 0 Å². The van der Waals surface area contributed by atoms with Gasteiger partial charge in [-0.05, 0) is 139 Å². The number of fused-ring (bicyclic) bond motifs is 12. The fourth-order valence-electron chi connectivity index (χ4n) is 11.0. The van der Waals surface area contributed by atoms with Crippen molar-refractivity contribution in [2.24, 2.45) is 0 Å². The van der Waals surface area contributed by atoms with Crippen LogP contribution >= 0.6 is 0 Å². The summed E-state index contributed by atoms with van der Waals surface area (Å²) < 4.78 is 4.91. The van der Waals surface area contributed by atoms with Gasteiger partial charge in [0.15, 0.2) is 0 Å². The van der Waals surface area contributed by atoms with Crippen LogP contribution in [-0.4, -0.2) is 9.13 Å². The van der Waals surface area contributed by atoms with E-state index in [0.717, 1.165) is 12.8 Å². The van der Waals surface area contributed by atoms with Gasteiger partial charge in [0.05, 0.1) is 22.1 Å². The lowest BCUT2D eigenvalue weighted by Gasteiger charge is -2.18. The molecular formula is C63H46N2. The van der Waals surface area contributed by atoms with E-state index in [1.165, 1.54) is 127 Å². The highest BCUT2D eigenvalue weighted by Gasteiger charge is 2.19. The molecule has 0 radical (unpaired) electrons. The Balaban J connectivity index is 0.880. The van der Waals surface area contributed by atoms with E-state index in [1.807, 2.05) is 0 Å². The molecule has 1 unspecified atom stereocenters. The van der Waals surface area contributed by atoms with Crippen LogP contribution < -0.4 is 0 Å². The van der Waals surface area contributed by atoms with Gasteiger partial charge in [-0.2, -0.15) is 0 Å². The van der Waals surface area contributed by atoms with Gasteiger partial charge < -0.3 is 9.13 Å². The van der Waals surface area contributed by atoms with Crippen molar-refractivity contribution in [1.82, 2.24) is 9.13 Å². The van der Waals surface area contributed by atoms with Crippen molar-refractivity contribution < 1.29 is 0 Å². The van der Waals surface area contributed by atoms with E-state index in [1.54, 1.807) is 0 Å². The first-order valence-electron chi connectivity index (χ1n) is 23.2. The molecule has 2 heteroatoms. The maximum atomic E-state index is 2.45. The largest absolute Gasteiger partial charge is 0.309 e. The standard InChI is InChI=1S/C63H46N2/c1-2-12-41-23-25-42(26-24-41)43-27-29-44(30-28-43)45-13-11-14-48(37-45)64-60-21-9-7-19-55(60)58-38-46(31-35-62(58)64)47-32-36-63-59(39-47)56-20-8-10-22-61(56)65(63)49-33-34-54-52-17-4-3-15-50(52)51-16-5-6-18-53(51)57(54)40-49/h3-11,13-29,31-40,44H,2,12,30H2,1H3. The Bertz CT molecular complexity index is 3890. The summed E-state index contributed by atoms with van der Waals surface area (Å²) in [7, 11) is 0. The van der Waals surface area contributed by atoms with Gasteiger partial charge in [-0.1, -0.05) is 171 Å². The lowest BCUT2D eigenvalue weighted by Crippen LogP contribution is -2.01. The summed E-state index contributed by atoms with van der Waals surface area (Å²) in [6.45, 7) is 2.24. The molecule has 0 saturated heterocycles. The third-order valence-corrected chi connectivity index (χ3v) is 14.1. The average Bonchev–Trinajstić information content (AvgIpc) is 3.89. The molecule has 13 rings (SSSR count). The number of hydrogen-bond acceptors (Lipinski definition) is 0. The Kier molecular flexibility index (Phi) is 8.74. The molecule has 0 fully saturated rings. The normalized spacial score (nSPS) is 14.2. The van der Waals surface area contributed by atoms with Crippen LogP contribution in [0.25, 0.3) is 104 Å². The summed E-state index contributed by atoms with van der Waals surface area (Å²) in [5.41, 5.74) is 15.0. The molecule has 65 heavy (non-hydrogen) atoms. The topological polar surface area (TPSA) is 9.86 Å². The highest BCUT2D eigenvalue weighted by atomic mass is 15.0. The minimum atomic E-state index is 0.333. The lowest BCUT2D eigenvalue weighted by molar-refractivity contribution is 0.854. The molecule has 0 amide bonds. The first kappa shape index (κ1) is 37.6. The number of aromatic nitrogens is 2. The molecule has 1 aliphatic rings. The first-order chi connectivity index (χ1) is 32.2. The summed E-state index contributed by atoms with van der Waals surface area (Å²) in [5.74, 6) is 0.333. The Labute approximate surface area is 378 Å². The minimum Gasteiger partial charge on any atom is -0.309 e. The number of rotatable bonds is 7. The molecule has 0 bridgehead atoms. The maximum Gasteiger partial charge on any atom is 0.0541 e. The number of allylic oxidation sites excluding steroid dienone is 4. The van der Waals surface area contributed by atoms with E-state index in [4.69, 9.17) is 0 Å². The number of benzene rings is 10. The fraction of sp³-hybridized carbons (Fsp3) is 0.0794. The average molecular weight is 831 g/mol. The zero-order valence-electron chi connectivity index (χ0n) is 36.4. The van der Waals surface area contributed by atoms with Crippen molar-refractivity contribution in [3.8, 4) is 22.5 Å². The summed E-state index contributed by atoms with van der Waals surface area (Å²) in [4.78, 5) is 0. The molecule has 12 aromatic rings. The van der Waals surface area contributed by atoms with E-state index >= 15 is 0 Å². The molecule has 0 spiro atoms. The van der Waals surface area contributed by atoms with E-state index in [9.17, 15) is 0 Å². The smallest absolute Gasteiger partial charge is 0.0541 e. The van der Waals surface area contributed by atoms with E-state index in [0.29, 0.717) is 5.92 Å². The van der Waals surface area contributed by atoms with Crippen LogP contribution in [0.1, 0.15) is 42.4 Å². The Morgan fingerprint density at radius 3 is 1.48 bits per heavy atom. The van der Waals surface area contributed by atoms with Crippen molar-refractivity contribution >= 4 is 81.5 Å². The molecule has 0 aliphatic heterocycles. The van der Waals surface area contributed by atoms with Crippen molar-refractivity contribution in [2.75, 3.05) is 0 Å². The van der Waals surface area contributed by atoms with Crippen molar-refractivity contribution in [2.45, 2.75) is 32.1 Å². The number of para-hydroxylation sites is 2. The van der Waals surface area contributed by atoms with Gasteiger partial charge >= 0.3 is 0 Å². The van der Waals surface area contributed by atoms with Crippen LogP contribution in [-0.2, 0) is 6.42 Å². The maximum absolute atomic E-state index is 2.45. The molecular weight excluding hydrogens is 785 g/mol. The highest BCUT2D eigenvalue weighted by Crippen LogP contribution is 2.41. The molecule has 1 aliphatic carbocycles. The molecule has 2 nitrogen and oxygen atoms in total. The molecule has 2 aromatic heterocycles. The second-order valence-electron chi connectivity index (χ2n) is 17.9. The Morgan fingerprint density at radius 1 is 0.400 bits per heavy atom. The van der Waals surface area contributed by atoms with Gasteiger partial charge in [0.2, 0.25) is 0 Å². The van der Waals surface area contributed by atoms with Crippen molar-refractivity contribution in [1.29, 1.82) is 0 Å². The molecule has 0 N–H and O–H groups in total. The van der Waals surface area contributed by atoms with Crippen LogP contribution in [0.15, 0.2) is 218 Å². The highest BCUT2D eigenvalue weighted by molar-refractivity contribution is 6.25.